The molecule has 0 fully saturated rings. The zero-order chi connectivity index (χ0) is 19.8. The number of ether oxygens (including phenoxy) is 2. The topological polar surface area (TPSA) is 89.5 Å². The zero-order valence-electron chi connectivity index (χ0n) is 16.0. The van der Waals surface area contributed by atoms with Gasteiger partial charge in [-0.15, -0.1) is 0 Å². The molecular formula is C20H25N3O4. The van der Waals surface area contributed by atoms with Crippen LogP contribution in [0.5, 0.6) is 11.5 Å². The average molecular weight is 371 g/mol. The van der Waals surface area contributed by atoms with Crippen LogP contribution in [-0.2, 0) is 0 Å². The molecule has 0 aliphatic carbocycles. The Morgan fingerprint density at radius 3 is 2.30 bits per heavy atom. The monoisotopic (exact) mass is 371 g/mol. The molecule has 2 rings (SSSR count). The number of rotatable bonds is 8. The second kappa shape index (κ2) is 9.56. The van der Waals surface area contributed by atoms with Crippen LogP contribution in [-0.4, -0.2) is 37.6 Å². The predicted molar refractivity (Wildman–Crippen MR) is 104 cm³/mol. The van der Waals surface area contributed by atoms with Crippen molar-refractivity contribution in [3.63, 3.8) is 0 Å². The van der Waals surface area contributed by atoms with Gasteiger partial charge in [0.2, 0.25) is 0 Å². The van der Waals surface area contributed by atoms with E-state index in [2.05, 4.69) is 29.5 Å². The van der Waals surface area contributed by atoms with Crippen molar-refractivity contribution in [2.75, 3.05) is 26.1 Å². The fourth-order valence-electron chi connectivity index (χ4n) is 2.36. The third-order valence-corrected chi connectivity index (χ3v) is 3.86. The summed E-state index contributed by atoms with van der Waals surface area (Å²) in [6, 6.07) is 9.81. The number of pyridine rings is 1. The van der Waals surface area contributed by atoms with Crippen molar-refractivity contribution in [1.29, 1.82) is 0 Å². The Morgan fingerprint density at radius 1 is 1.00 bits per heavy atom. The molecule has 0 radical (unpaired) electrons. The van der Waals surface area contributed by atoms with Crippen LogP contribution in [0.1, 0.15) is 41.2 Å². The highest BCUT2D eigenvalue weighted by Gasteiger charge is 2.13. The summed E-state index contributed by atoms with van der Waals surface area (Å²) in [4.78, 5) is 28.8. The van der Waals surface area contributed by atoms with Gasteiger partial charge in [-0.3, -0.25) is 9.59 Å². The number of amides is 2. The van der Waals surface area contributed by atoms with Gasteiger partial charge in [0.05, 0.1) is 14.2 Å². The molecule has 0 saturated heterocycles. The number of carbonyl (C=O) groups excluding carboxylic acids is 2. The maximum atomic E-state index is 12.5. The maximum Gasteiger partial charge on any atom is 0.274 e. The van der Waals surface area contributed by atoms with E-state index in [0.29, 0.717) is 29.6 Å². The van der Waals surface area contributed by atoms with E-state index in [1.165, 1.54) is 14.2 Å². The molecule has 0 unspecified atom stereocenters. The lowest BCUT2D eigenvalue weighted by atomic mass is 10.1. The summed E-state index contributed by atoms with van der Waals surface area (Å²) in [5, 5.41) is 5.55. The van der Waals surface area contributed by atoms with Gasteiger partial charge in [-0.25, -0.2) is 4.98 Å². The molecule has 144 valence electrons. The smallest absolute Gasteiger partial charge is 0.274 e. The van der Waals surface area contributed by atoms with E-state index in [-0.39, 0.29) is 17.3 Å². The minimum Gasteiger partial charge on any atom is -0.493 e. The van der Waals surface area contributed by atoms with Crippen LogP contribution in [0.15, 0.2) is 36.4 Å². The quantitative estimate of drug-likeness (QED) is 0.744. The van der Waals surface area contributed by atoms with Gasteiger partial charge in [0, 0.05) is 18.3 Å². The number of aromatic nitrogens is 1. The zero-order valence-corrected chi connectivity index (χ0v) is 16.0. The molecule has 0 spiro atoms. The molecule has 0 atom stereocenters. The fraction of sp³-hybridized carbons (Fsp3) is 0.350. The molecule has 27 heavy (non-hydrogen) atoms. The van der Waals surface area contributed by atoms with E-state index < -0.39 is 5.91 Å². The number of methoxy groups -OCH3 is 2. The molecule has 0 saturated carbocycles. The summed E-state index contributed by atoms with van der Waals surface area (Å²) in [5.74, 6) is 0.850. The Balaban J connectivity index is 2.07. The third-order valence-electron chi connectivity index (χ3n) is 3.86. The molecule has 0 bridgehead atoms. The molecule has 1 aromatic heterocycles. The van der Waals surface area contributed by atoms with Gasteiger partial charge in [-0.1, -0.05) is 19.9 Å². The van der Waals surface area contributed by atoms with Crippen LogP contribution in [0, 0.1) is 5.92 Å². The number of anilines is 1. The predicted octanol–water partition coefficient (Wildman–Crippen LogP) is 3.13. The SMILES string of the molecule is COc1ccc(NC(=O)c2cccc(C(=O)NCCC(C)C)n2)cc1OC. The lowest BCUT2D eigenvalue weighted by molar-refractivity contribution is 0.0947. The first-order valence-electron chi connectivity index (χ1n) is 8.73. The maximum absolute atomic E-state index is 12.5. The lowest BCUT2D eigenvalue weighted by Crippen LogP contribution is -2.27. The molecule has 0 aliphatic rings. The van der Waals surface area contributed by atoms with E-state index in [9.17, 15) is 9.59 Å². The highest BCUT2D eigenvalue weighted by Crippen LogP contribution is 2.29. The first kappa shape index (κ1) is 20.2. The Bertz CT molecular complexity index is 806. The summed E-state index contributed by atoms with van der Waals surface area (Å²) in [6.45, 7) is 4.74. The number of nitrogens with zero attached hydrogens (tertiary/aromatic N) is 1. The third kappa shape index (κ3) is 5.70. The van der Waals surface area contributed by atoms with Crippen molar-refractivity contribution in [2.45, 2.75) is 20.3 Å². The molecule has 0 aliphatic heterocycles. The fourth-order valence-corrected chi connectivity index (χ4v) is 2.36. The number of benzene rings is 1. The molecule has 7 nitrogen and oxygen atoms in total. The molecule has 2 N–H and O–H groups in total. The second-order valence-corrected chi connectivity index (χ2v) is 6.37. The van der Waals surface area contributed by atoms with E-state index in [1.54, 1.807) is 36.4 Å². The first-order valence-corrected chi connectivity index (χ1v) is 8.73. The van der Waals surface area contributed by atoms with Gasteiger partial charge in [-0.2, -0.15) is 0 Å². The summed E-state index contributed by atoms with van der Waals surface area (Å²) < 4.78 is 10.4. The molecular weight excluding hydrogens is 346 g/mol. The van der Waals surface area contributed by atoms with Crippen LogP contribution < -0.4 is 20.1 Å². The Labute approximate surface area is 159 Å². The van der Waals surface area contributed by atoms with Gasteiger partial charge in [0.15, 0.2) is 11.5 Å². The van der Waals surface area contributed by atoms with E-state index >= 15 is 0 Å². The highest BCUT2D eigenvalue weighted by molar-refractivity contribution is 6.04. The number of nitrogens with one attached hydrogen (secondary N) is 2. The Morgan fingerprint density at radius 2 is 1.67 bits per heavy atom. The molecule has 2 aromatic rings. The van der Waals surface area contributed by atoms with Gasteiger partial charge < -0.3 is 20.1 Å². The Kier molecular flexibility index (Phi) is 7.16. The van der Waals surface area contributed by atoms with Crippen molar-refractivity contribution >= 4 is 17.5 Å². The number of hydrogen-bond acceptors (Lipinski definition) is 5. The van der Waals surface area contributed by atoms with Crippen LogP contribution in [0.25, 0.3) is 0 Å². The lowest BCUT2D eigenvalue weighted by Gasteiger charge is -2.11. The van der Waals surface area contributed by atoms with Crippen LogP contribution in [0.4, 0.5) is 5.69 Å². The van der Waals surface area contributed by atoms with Gasteiger partial charge >= 0.3 is 0 Å². The van der Waals surface area contributed by atoms with Crippen molar-refractivity contribution in [3.05, 3.63) is 47.8 Å². The van der Waals surface area contributed by atoms with E-state index in [4.69, 9.17) is 9.47 Å². The van der Waals surface area contributed by atoms with E-state index in [1.807, 2.05) is 0 Å². The summed E-state index contributed by atoms with van der Waals surface area (Å²) in [5.41, 5.74) is 0.895. The average Bonchev–Trinajstić information content (AvgIpc) is 2.67. The van der Waals surface area contributed by atoms with Gasteiger partial charge in [-0.05, 0) is 36.6 Å². The standard InChI is InChI=1S/C20H25N3O4/c1-13(2)10-11-21-19(24)15-6-5-7-16(23-15)20(25)22-14-8-9-17(26-3)18(12-14)27-4/h5-9,12-13H,10-11H2,1-4H3,(H,21,24)(H,22,25). The van der Waals surface area contributed by atoms with Gasteiger partial charge in [0.25, 0.3) is 11.8 Å². The normalized spacial score (nSPS) is 10.4. The molecule has 2 amide bonds. The summed E-state index contributed by atoms with van der Waals surface area (Å²) >= 11 is 0. The molecule has 1 aromatic carbocycles. The molecule has 1 heterocycles. The van der Waals surface area contributed by atoms with Crippen molar-refractivity contribution in [2.24, 2.45) is 5.92 Å². The summed E-state index contributed by atoms with van der Waals surface area (Å²) in [7, 11) is 3.06. The Hall–Kier alpha value is -3.09. The first-order chi connectivity index (χ1) is 12.9. The summed E-state index contributed by atoms with van der Waals surface area (Å²) in [6.07, 6.45) is 0.880. The molecule has 7 heteroatoms. The van der Waals surface area contributed by atoms with Crippen molar-refractivity contribution in [3.8, 4) is 11.5 Å². The number of carbonyl (C=O) groups is 2. The van der Waals surface area contributed by atoms with Crippen molar-refractivity contribution in [1.82, 2.24) is 10.3 Å². The largest absolute Gasteiger partial charge is 0.493 e. The highest BCUT2D eigenvalue weighted by atomic mass is 16.5. The van der Waals surface area contributed by atoms with Crippen LogP contribution >= 0.6 is 0 Å². The van der Waals surface area contributed by atoms with E-state index in [0.717, 1.165) is 6.42 Å². The van der Waals surface area contributed by atoms with Crippen molar-refractivity contribution < 1.29 is 19.1 Å². The minimum atomic E-state index is -0.418. The van der Waals surface area contributed by atoms with Gasteiger partial charge in [0.1, 0.15) is 11.4 Å². The van der Waals surface area contributed by atoms with Crippen LogP contribution in [0.2, 0.25) is 0 Å². The van der Waals surface area contributed by atoms with Crippen LogP contribution in [0.3, 0.4) is 0 Å². The second-order valence-electron chi connectivity index (χ2n) is 6.37. The number of hydrogen-bond donors (Lipinski definition) is 2. The minimum absolute atomic E-state index is 0.154.